The SMILES string of the molecule is O=c1c(-c2cccc3ccccc23)c(C(F)(F)F)oc2cc(OCc3cccc4ccccc34)ccc12. The maximum Gasteiger partial charge on any atom is 0.450 e. The zero-order chi connectivity index (χ0) is 25.6. The lowest BCUT2D eigenvalue weighted by molar-refractivity contribution is -0.152. The molecule has 0 fully saturated rings. The average Bonchev–Trinajstić information content (AvgIpc) is 2.91. The minimum atomic E-state index is -4.88. The molecule has 6 heteroatoms. The molecular weight excluding hydrogens is 477 g/mol. The molecule has 0 aliphatic rings. The minimum absolute atomic E-state index is 0.0495. The maximum absolute atomic E-state index is 14.2. The van der Waals surface area contributed by atoms with E-state index < -0.39 is 22.9 Å². The number of alkyl halides is 3. The van der Waals surface area contributed by atoms with Gasteiger partial charge in [0.15, 0.2) is 0 Å². The van der Waals surface area contributed by atoms with Gasteiger partial charge in [-0.2, -0.15) is 13.2 Å². The van der Waals surface area contributed by atoms with Gasteiger partial charge in [0.2, 0.25) is 11.2 Å². The van der Waals surface area contributed by atoms with E-state index in [1.54, 1.807) is 42.5 Å². The highest BCUT2D eigenvalue weighted by molar-refractivity contribution is 5.98. The molecule has 6 rings (SSSR count). The quantitative estimate of drug-likeness (QED) is 0.246. The number of ether oxygens (including phenoxy) is 1. The number of fused-ring (bicyclic) bond motifs is 3. The highest BCUT2D eigenvalue weighted by Gasteiger charge is 2.39. The van der Waals surface area contributed by atoms with Gasteiger partial charge in [0.05, 0.1) is 10.9 Å². The summed E-state index contributed by atoms with van der Waals surface area (Å²) >= 11 is 0. The minimum Gasteiger partial charge on any atom is -0.489 e. The monoisotopic (exact) mass is 496 g/mol. The first-order valence-electron chi connectivity index (χ1n) is 11.7. The summed E-state index contributed by atoms with van der Waals surface area (Å²) in [6.07, 6.45) is -4.88. The molecule has 1 heterocycles. The molecule has 0 bridgehead atoms. The van der Waals surface area contributed by atoms with E-state index in [0.29, 0.717) is 11.1 Å². The Morgan fingerprint density at radius 3 is 2.11 bits per heavy atom. The third kappa shape index (κ3) is 4.10. The van der Waals surface area contributed by atoms with Crippen LogP contribution in [0.4, 0.5) is 13.2 Å². The number of halogens is 3. The molecule has 1 aromatic heterocycles. The van der Waals surface area contributed by atoms with Crippen LogP contribution in [0.1, 0.15) is 11.3 Å². The van der Waals surface area contributed by atoms with Gasteiger partial charge in [-0.25, -0.2) is 0 Å². The number of rotatable bonds is 4. The number of hydrogen-bond acceptors (Lipinski definition) is 3. The van der Waals surface area contributed by atoms with E-state index in [1.165, 1.54) is 18.2 Å². The summed E-state index contributed by atoms with van der Waals surface area (Å²) in [6, 6.07) is 30.0. The Morgan fingerprint density at radius 2 is 1.35 bits per heavy atom. The molecule has 0 aliphatic carbocycles. The van der Waals surface area contributed by atoms with Crippen molar-refractivity contribution in [3.05, 3.63) is 125 Å². The summed E-state index contributed by atoms with van der Waals surface area (Å²) in [4.78, 5) is 13.5. The summed E-state index contributed by atoms with van der Waals surface area (Å²) in [6.45, 7) is 0.206. The Balaban J connectivity index is 1.46. The third-order valence-electron chi connectivity index (χ3n) is 6.45. The van der Waals surface area contributed by atoms with Gasteiger partial charge >= 0.3 is 6.18 Å². The first-order valence-corrected chi connectivity index (χ1v) is 11.7. The van der Waals surface area contributed by atoms with Gasteiger partial charge in [0.25, 0.3) is 0 Å². The topological polar surface area (TPSA) is 39.4 Å². The molecule has 3 nitrogen and oxygen atoms in total. The summed E-state index contributed by atoms with van der Waals surface area (Å²) < 4.78 is 53.9. The largest absolute Gasteiger partial charge is 0.489 e. The van der Waals surface area contributed by atoms with E-state index in [1.807, 2.05) is 42.5 Å². The fourth-order valence-electron chi connectivity index (χ4n) is 4.73. The zero-order valence-electron chi connectivity index (χ0n) is 19.4. The lowest BCUT2D eigenvalue weighted by atomic mass is 9.96. The van der Waals surface area contributed by atoms with Crippen LogP contribution >= 0.6 is 0 Å². The Morgan fingerprint density at radius 1 is 0.703 bits per heavy atom. The van der Waals surface area contributed by atoms with Crippen LogP contribution in [0.2, 0.25) is 0 Å². The fourth-order valence-corrected chi connectivity index (χ4v) is 4.73. The van der Waals surface area contributed by atoms with E-state index in [-0.39, 0.29) is 23.1 Å². The lowest BCUT2D eigenvalue weighted by Crippen LogP contribution is -2.16. The molecule has 0 saturated heterocycles. The molecule has 182 valence electrons. The van der Waals surface area contributed by atoms with Crippen molar-refractivity contribution < 1.29 is 22.3 Å². The van der Waals surface area contributed by atoms with Crippen molar-refractivity contribution in [3.63, 3.8) is 0 Å². The van der Waals surface area contributed by atoms with E-state index in [0.717, 1.165) is 21.7 Å². The average molecular weight is 496 g/mol. The predicted octanol–water partition coefficient (Wildman–Crippen LogP) is 8.36. The second kappa shape index (κ2) is 8.82. The molecule has 0 amide bonds. The van der Waals surface area contributed by atoms with Crippen LogP contribution < -0.4 is 10.2 Å². The van der Waals surface area contributed by atoms with E-state index >= 15 is 0 Å². The maximum atomic E-state index is 14.2. The molecule has 6 aromatic rings. The van der Waals surface area contributed by atoms with Crippen LogP contribution in [0.15, 0.2) is 112 Å². The van der Waals surface area contributed by atoms with Crippen molar-refractivity contribution >= 4 is 32.5 Å². The van der Waals surface area contributed by atoms with Crippen molar-refractivity contribution in [2.45, 2.75) is 12.8 Å². The van der Waals surface area contributed by atoms with Crippen molar-refractivity contribution in [1.82, 2.24) is 0 Å². The molecule has 0 radical (unpaired) electrons. The van der Waals surface area contributed by atoms with Gasteiger partial charge in [-0.1, -0.05) is 84.9 Å². The molecule has 5 aromatic carbocycles. The van der Waals surface area contributed by atoms with Crippen LogP contribution in [0.25, 0.3) is 43.6 Å². The normalized spacial score (nSPS) is 11.9. The second-order valence-electron chi connectivity index (χ2n) is 8.74. The smallest absolute Gasteiger partial charge is 0.450 e. The van der Waals surface area contributed by atoms with Gasteiger partial charge < -0.3 is 9.15 Å². The van der Waals surface area contributed by atoms with Crippen molar-refractivity contribution in [2.75, 3.05) is 0 Å². The summed E-state index contributed by atoms with van der Waals surface area (Å²) in [5, 5.41) is 3.40. The van der Waals surface area contributed by atoms with Gasteiger partial charge in [-0.3, -0.25) is 4.79 Å². The molecule has 0 N–H and O–H groups in total. The van der Waals surface area contributed by atoms with Crippen LogP contribution in [0.3, 0.4) is 0 Å². The van der Waals surface area contributed by atoms with Crippen LogP contribution in [0.5, 0.6) is 5.75 Å². The Labute approximate surface area is 209 Å². The molecule has 0 unspecified atom stereocenters. The number of hydrogen-bond donors (Lipinski definition) is 0. The molecule has 0 aliphatic heterocycles. The molecule has 37 heavy (non-hydrogen) atoms. The highest BCUT2D eigenvalue weighted by Crippen LogP contribution is 2.40. The van der Waals surface area contributed by atoms with Crippen LogP contribution in [0, 0.1) is 0 Å². The molecular formula is C31H19F3O3. The molecule has 0 saturated carbocycles. The summed E-state index contributed by atoms with van der Waals surface area (Å²) in [5.41, 5.74) is -0.317. The standard InChI is InChI=1S/C31H19F3O3/c32-31(33,34)30-28(25-14-6-10-20-8-2-4-13-24(20)25)29(35)26-16-15-22(17-27(26)37-30)36-18-21-11-5-9-19-7-1-3-12-23(19)21/h1-17H,18H2. The Hall–Kier alpha value is -4.58. The fraction of sp³-hybridized carbons (Fsp3) is 0.0645. The summed E-state index contributed by atoms with van der Waals surface area (Å²) in [5.74, 6) is -1.03. The predicted molar refractivity (Wildman–Crippen MR) is 139 cm³/mol. The van der Waals surface area contributed by atoms with Crippen LogP contribution in [-0.4, -0.2) is 0 Å². The first kappa shape index (κ1) is 22.9. The van der Waals surface area contributed by atoms with E-state index in [2.05, 4.69) is 0 Å². The number of benzene rings is 5. The van der Waals surface area contributed by atoms with E-state index in [4.69, 9.17) is 9.15 Å². The Bertz CT molecular complexity index is 1840. The molecule has 0 spiro atoms. The highest BCUT2D eigenvalue weighted by atomic mass is 19.4. The third-order valence-corrected chi connectivity index (χ3v) is 6.45. The van der Waals surface area contributed by atoms with Crippen molar-refractivity contribution in [1.29, 1.82) is 0 Å². The van der Waals surface area contributed by atoms with Crippen molar-refractivity contribution in [2.24, 2.45) is 0 Å². The van der Waals surface area contributed by atoms with Gasteiger partial charge in [-0.05, 0) is 44.8 Å². The van der Waals surface area contributed by atoms with Gasteiger partial charge in [-0.15, -0.1) is 0 Å². The summed E-state index contributed by atoms with van der Waals surface area (Å²) in [7, 11) is 0. The zero-order valence-corrected chi connectivity index (χ0v) is 19.4. The van der Waals surface area contributed by atoms with E-state index in [9.17, 15) is 18.0 Å². The Kier molecular flexibility index (Phi) is 5.45. The second-order valence-corrected chi connectivity index (χ2v) is 8.74. The lowest BCUT2D eigenvalue weighted by Gasteiger charge is -2.15. The molecule has 0 atom stereocenters. The van der Waals surface area contributed by atoms with Gasteiger partial charge in [0, 0.05) is 6.07 Å². The van der Waals surface area contributed by atoms with Gasteiger partial charge in [0.1, 0.15) is 17.9 Å². The van der Waals surface area contributed by atoms with Crippen LogP contribution in [-0.2, 0) is 12.8 Å². The van der Waals surface area contributed by atoms with Crippen molar-refractivity contribution in [3.8, 4) is 16.9 Å². The first-order chi connectivity index (χ1) is 17.9.